The van der Waals surface area contributed by atoms with Crippen molar-refractivity contribution in [1.29, 1.82) is 0 Å². The summed E-state index contributed by atoms with van der Waals surface area (Å²) in [5.74, 6) is 0.402. The number of nitrogens with one attached hydrogen (secondary N) is 2. The first-order chi connectivity index (χ1) is 24.2. The fraction of sp³-hybridized carbons (Fsp3) is 0.389. The molecule has 8 rings (SSSR count). The minimum Gasteiger partial charge on any atom is -0.480 e. The third-order valence-electron chi connectivity index (χ3n) is 10.2. The van der Waals surface area contributed by atoms with E-state index in [4.69, 9.17) is 26.1 Å². The van der Waals surface area contributed by atoms with Gasteiger partial charge in [-0.15, -0.1) is 0 Å². The van der Waals surface area contributed by atoms with Gasteiger partial charge in [-0.3, -0.25) is 29.4 Å². The van der Waals surface area contributed by atoms with Crippen LogP contribution < -0.4 is 20.1 Å². The van der Waals surface area contributed by atoms with Gasteiger partial charge in [-0.2, -0.15) is 0 Å². The van der Waals surface area contributed by atoms with E-state index in [2.05, 4.69) is 35.4 Å². The second-order valence-corrected chi connectivity index (χ2v) is 14.1. The zero-order valence-corrected chi connectivity index (χ0v) is 28.5. The van der Waals surface area contributed by atoms with Crippen molar-refractivity contribution in [3.63, 3.8) is 0 Å². The molecule has 2 N–H and O–H groups in total. The summed E-state index contributed by atoms with van der Waals surface area (Å²) in [5.41, 5.74) is 3.49. The van der Waals surface area contributed by atoms with Crippen LogP contribution in [0.1, 0.15) is 37.1 Å². The number of carbonyl (C=O) groups excluding carboxylic acids is 2. The van der Waals surface area contributed by atoms with Crippen molar-refractivity contribution in [2.24, 2.45) is 0 Å². The molecular formula is C36H36ClFN8O4. The van der Waals surface area contributed by atoms with Crippen molar-refractivity contribution in [3.05, 3.63) is 71.0 Å². The highest BCUT2D eigenvalue weighted by Gasteiger charge is 2.48. The molecule has 4 aliphatic rings. The van der Waals surface area contributed by atoms with Crippen molar-refractivity contribution in [2.45, 2.75) is 49.9 Å². The number of aromatic nitrogens is 4. The van der Waals surface area contributed by atoms with Crippen LogP contribution >= 0.6 is 11.6 Å². The van der Waals surface area contributed by atoms with Gasteiger partial charge in [-0.05, 0) is 18.9 Å². The number of carbonyl (C=O) groups is 2. The van der Waals surface area contributed by atoms with Gasteiger partial charge in [0.1, 0.15) is 17.2 Å². The van der Waals surface area contributed by atoms with Gasteiger partial charge in [0.05, 0.1) is 54.1 Å². The van der Waals surface area contributed by atoms with E-state index >= 15 is 4.39 Å². The largest absolute Gasteiger partial charge is 0.480 e. The van der Waals surface area contributed by atoms with Gasteiger partial charge in [-0.1, -0.05) is 41.9 Å². The zero-order chi connectivity index (χ0) is 34.6. The Balaban J connectivity index is 1.01. The predicted octanol–water partition coefficient (Wildman–Crippen LogP) is 4.01. The van der Waals surface area contributed by atoms with E-state index < -0.39 is 5.82 Å². The minimum absolute atomic E-state index is 0.0980. The summed E-state index contributed by atoms with van der Waals surface area (Å²) in [6.45, 7) is 4.04. The fourth-order valence-electron chi connectivity index (χ4n) is 7.76. The molecule has 0 bridgehead atoms. The van der Waals surface area contributed by atoms with Crippen molar-refractivity contribution < 1.29 is 23.5 Å². The van der Waals surface area contributed by atoms with Crippen LogP contribution in [0.4, 0.5) is 4.39 Å². The molecule has 14 heteroatoms. The first-order valence-corrected chi connectivity index (χ1v) is 17.0. The van der Waals surface area contributed by atoms with E-state index in [1.807, 2.05) is 6.07 Å². The number of amides is 2. The molecule has 12 nitrogen and oxygen atoms in total. The van der Waals surface area contributed by atoms with Crippen LogP contribution in [0.2, 0.25) is 5.02 Å². The van der Waals surface area contributed by atoms with Crippen molar-refractivity contribution >= 4 is 23.4 Å². The molecule has 6 heterocycles. The Morgan fingerprint density at radius 2 is 1.20 bits per heavy atom. The minimum atomic E-state index is -0.498. The highest BCUT2D eigenvalue weighted by molar-refractivity contribution is 6.36. The summed E-state index contributed by atoms with van der Waals surface area (Å²) in [6.07, 6.45) is 6.02. The van der Waals surface area contributed by atoms with Gasteiger partial charge in [0.2, 0.25) is 23.6 Å². The van der Waals surface area contributed by atoms with Crippen LogP contribution in [0.3, 0.4) is 0 Å². The van der Waals surface area contributed by atoms with E-state index in [-0.39, 0.29) is 28.5 Å². The number of methoxy groups -OCH3 is 2. The Bertz CT molecular complexity index is 1870. The van der Waals surface area contributed by atoms with Crippen molar-refractivity contribution in [1.82, 2.24) is 40.4 Å². The van der Waals surface area contributed by atoms with E-state index in [1.54, 1.807) is 49.8 Å². The normalized spacial score (nSPS) is 19.3. The smallest absolute Gasteiger partial charge is 0.237 e. The molecule has 0 atom stereocenters. The third kappa shape index (κ3) is 5.82. The molecule has 0 aliphatic carbocycles. The molecule has 2 aromatic heterocycles. The second kappa shape index (κ2) is 12.6. The van der Waals surface area contributed by atoms with Crippen LogP contribution in [0, 0.1) is 5.82 Å². The van der Waals surface area contributed by atoms with Gasteiger partial charge in [-0.25, -0.2) is 14.4 Å². The lowest BCUT2D eigenvalue weighted by Gasteiger charge is -2.47. The SMILES string of the molecule is COc1nc(-c2cccc(-c3cccc(-c4cnc(CN5CC6(CCC(=O)N6)C5)c(OC)n4)c3Cl)c2F)cnc1CN1CC2(CCC(=O)N2)C1. The van der Waals surface area contributed by atoms with Gasteiger partial charge in [0.15, 0.2) is 0 Å². The van der Waals surface area contributed by atoms with Crippen LogP contribution in [0.5, 0.6) is 11.8 Å². The van der Waals surface area contributed by atoms with Crippen LogP contribution in [0.25, 0.3) is 33.6 Å². The Morgan fingerprint density at radius 3 is 1.68 bits per heavy atom. The first kappa shape index (κ1) is 32.5. The molecule has 2 amide bonds. The number of hydrogen-bond acceptors (Lipinski definition) is 10. The summed E-state index contributed by atoms with van der Waals surface area (Å²) in [4.78, 5) is 46.5. The standard InChI is InChI=1S/C36H36ClFN8O4/c1-49-33-27(15-45-17-35(18-45)11-9-29(47)43-35)39-13-25(41-33)23-7-3-5-21(31(23)37)22-6-4-8-24(32(22)38)26-14-40-28(34(42-26)50-2)16-46-19-36(20-46)12-10-30(48)44-36/h3-8,13-14H,9-12,15-20H2,1-2H3,(H,43,47)(H,44,48). The number of hydrogen-bond donors (Lipinski definition) is 2. The molecule has 258 valence electrons. The zero-order valence-electron chi connectivity index (χ0n) is 27.8. The summed E-state index contributed by atoms with van der Waals surface area (Å²) in [5, 5.41) is 6.50. The molecular weight excluding hydrogens is 663 g/mol. The Morgan fingerprint density at radius 1 is 0.740 bits per heavy atom. The van der Waals surface area contributed by atoms with E-state index in [1.165, 1.54) is 7.11 Å². The fourth-order valence-corrected chi connectivity index (χ4v) is 8.09. The van der Waals surface area contributed by atoms with Gasteiger partial charge >= 0.3 is 0 Å². The number of rotatable bonds is 9. The first-order valence-electron chi connectivity index (χ1n) is 16.6. The lowest BCUT2D eigenvalue weighted by atomic mass is 9.88. The average molecular weight is 699 g/mol. The molecule has 50 heavy (non-hydrogen) atoms. The topological polar surface area (TPSA) is 135 Å². The predicted molar refractivity (Wildman–Crippen MR) is 183 cm³/mol. The van der Waals surface area contributed by atoms with Crippen LogP contribution in [-0.2, 0) is 22.7 Å². The molecule has 0 saturated carbocycles. The average Bonchev–Trinajstić information content (AvgIpc) is 3.68. The highest BCUT2D eigenvalue weighted by atomic mass is 35.5. The van der Waals surface area contributed by atoms with Crippen molar-refractivity contribution in [3.8, 4) is 45.4 Å². The second-order valence-electron chi connectivity index (χ2n) is 13.7. The Hall–Kier alpha value is -4.72. The maximum atomic E-state index is 16.3. The Labute approximate surface area is 293 Å². The summed E-state index contributed by atoms with van der Waals surface area (Å²) < 4.78 is 27.5. The number of halogens is 2. The molecule has 0 unspecified atom stereocenters. The maximum Gasteiger partial charge on any atom is 0.237 e. The molecule has 4 saturated heterocycles. The van der Waals surface area contributed by atoms with E-state index in [0.29, 0.717) is 82.2 Å². The summed E-state index contributed by atoms with van der Waals surface area (Å²) in [6, 6.07) is 10.5. The monoisotopic (exact) mass is 698 g/mol. The summed E-state index contributed by atoms with van der Waals surface area (Å²) >= 11 is 6.98. The van der Waals surface area contributed by atoms with Crippen LogP contribution in [-0.4, -0.2) is 93.0 Å². The van der Waals surface area contributed by atoms with Crippen molar-refractivity contribution in [2.75, 3.05) is 40.4 Å². The van der Waals surface area contributed by atoms with Crippen LogP contribution in [0.15, 0.2) is 48.8 Å². The molecule has 4 fully saturated rings. The van der Waals surface area contributed by atoms with E-state index in [0.717, 1.165) is 39.0 Å². The number of likely N-dealkylation sites (tertiary alicyclic amines) is 2. The third-order valence-corrected chi connectivity index (χ3v) is 10.6. The molecule has 4 aliphatic heterocycles. The Kier molecular flexibility index (Phi) is 8.16. The van der Waals surface area contributed by atoms with Gasteiger partial charge in [0.25, 0.3) is 0 Å². The number of ether oxygens (including phenoxy) is 2. The molecule has 2 aromatic carbocycles. The highest BCUT2D eigenvalue weighted by Crippen LogP contribution is 2.40. The lowest BCUT2D eigenvalue weighted by Crippen LogP contribution is -2.66. The molecule has 4 aromatic rings. The quantitative estimate of drug-likeness (QED) is 0.264. The maximum absolute atomic E-state index is 16.3. The van der Waals surface area contributed by atoms with Gasteiger partial charge < -0.3 is 20.1 Å². The molecule has 2 spiro atoms. The van der Waals surface area contributed by atoms with E-state index in [9.17, 15) is 9.59 Å². The number of benzene rings is 2. The molecule has 0 radical (unpaired) electrons. The summed E-state index contributed by atoms with van der Waals surface area (Å²) in [7, 11) is 3.07. The number of nitrogens with zero attached hydrogens (tertiary/aromatic N) is 6. The van der Waals surface area contributed by atoms with Gasteiger partial charge in [0, 0.05) is 74.4 Å². The lowest BCUT2D eigenvalue weighted by molar-refractivity contribution is -0.121.